The lowest BCUT2D eigenvalue weighted by molar-refractivity contribution is -0.123. The van der Waals surface area contributed by atoms with Crippen molar-refractivity contribution >= 4 is 40.2 Å². The number of imide groups is 1. The Morgan fingerprint density at radius 3 is 2.39 bits per heavy atom. The Balaban J connectivity index is 1.65. The monoisotopic (exact) mass is 432 g/mol. The van der Waals surface area contributed by atoms with Crippen molar-refractivity contribution in [2.75, 3.05) is 11.9 Å². The third-order valence-corrected chi connectivity index (χ3v) is 7.13. The van der Waals surface area contributed by atoms with Crippen molar-refractivity contribution in [3.8, 4) is 0 Å². The van der Waals surface area contributed by atoms with Crippen LogP contribution >= 0.6 is 11.8 Å². The SMILES string of the molecule is CC1=CC(C)(C)N(C)c2cc(C)c(/C=C3/SC(=O)N(Cc4ccc(C)cc4)C3=O)cc21. The van der Waals surface area contributed by atoms with Gasteiger partial charge in [0.05, 0.1) is 17.0 Å². The smallest absolute Gasteiger partial charge is 0.293 e. The number of carbonyl (C=O) groups excluding carboxylic acids is 2. The predicted octanol–water partition coefficient (Wildman–Crippen LogP) is 6.17. The van der Waals surface area contributed by atoms with Crippen LogP contribution < -0.4 is 4.90 Å². The standard InChI is InChI=1S/C26H28N2O2S/c1-16-7-9-19(10-8-16)15-28-24(29)23(31-25(28)30)13-20-12-21-18(3)14-26(4,5)27(6)22(21)11-17(20)2/h7-14H,15H2,1-6H3/b23-13+. The molecule has 4 nitrogen and oxygen atoms in total. The largest absolute Gasteiger partial charge is 0.365 e. The summed E-state index contributed by atoms with van der Waals surface area (Å²) in [6.45, 7) is 10.9. The molecular formula is C26H28N2O2S. The van der Waals surface area contributed by atoms with Gasteiger partial charge in [-0.3, -0.25) is 14.5 Å². The summed E-state index contributed by atoms with van der Waals surface area (Å²) >= 11 is 1.02. The molecule has 0 radical (unpaired) electrons. The highest BCUT2D eigenvalue weighted by atomic mass is 32.2. The minimum Gasteiger partial charge on any atom is -0.365 e. The number of anilines is 1. The van der Waals surface area contributed by atoms with Crippen molar-refractivity contribution in [2.45, 2.75) is 46.7 Å². The van der Waals surface area contributed by atoms with Crippen LogP contribution in [0.4, 0.5) is 10.5 Å². The molecule has 2 heterocycles. The highest BCUT2D eigenvalue weighted by Gasteiger charge is 2.35. The van der Waals surface area contributed by atoms with E-state index in [4.69, 9.17) is 0 Å². The second-order valence-electron chi connectivity index (χ2n) is 9.02. The summed E-state index contributed by atoms with van der Waals surface area (Å²) in [7, 11) is 2.11. The van der Waals surface area contributed by atoms with Crippen LogP contribution in [-0.2, 0) is 11.3 Å². The molecule has 1 saturated heterocycles. The maximum atomic E-state index is 13.0. The molecular weight excluding hydrogens is 404 g/mol. The number of fused-ring (bicyclic) bond motifs is 1. The molecule has 0 atom stereocenters. The van der Waals surface area contributed by atoms with E-state index in [1.165, 1.54) is 16.2 Å². The molecule has 0 unspecified atom stereocenters. The van der Waals surface area contributed by atoms with Gasteiger partial charge in [0.2, 0.25) is 0 Å². The van der Waals surface area contributed by atoms with Crippen molar-refractivity contribution in [3.05, 3.63) is 75.2 Å². The van der Waals surface area contributed by atoms with E-state index in [0.717, 1.165) is 39.6 Å². The van der Waals surface area contributed by atoms with Gasteiger partial charge in [-0.25, -0.2) is 0 Å². The summed E-state index contributed by atoms with van der Waals surface area (Å²) in [6, 6.07) is 12.2. The highest BCUT2D eigenvalue weighted by molar-refractivity contribution is 8.18. The summed E-state index contributed by atoms with van der Waals surface area (Å²) < 4.78 is 0. The number of hydrogen-bond acceptors (Lipinski definition) is 4. The van der Waals surface area contributed by atoms with Crippen LogP contribution in [0.15, 0.2) is 47.4 Å². The van der Waals surface area contributed by atoms with Gasteiger partial charge >= 0.3 is 0 Å². The van der Waals surface area contributed by atoms with Crippen LogP contribution in [0.1, 0.15) is 48.6 Å². The van der Waals surface area contributed by atoms with E-state index >= 15 is 0 Å². The first kappa shape index (κ1) is 21.4. The second-order valence-corrected chi connectivity index (χ2v) is 10.0. The molecule has 0 saturated carbocycles. The Labute approximate surface area is 188 Å². The third kappa shape index (κ3) is 3.94. The number of nitrogens with zero attached hydrogens (tertiary/aromatic N) is 2. The maximum Gasteiger partial charge on any atom is 0.293 e. The molecule has 31 heavy (non-hydrogen) atoms. The molecule has 5 heteroatoms. The maximum absolute atomic E-state index is 13.0. The summed E-state index contributed by atoms with van der Waals surface area (Å²) in [5, 5.41) is -0.218. The Kier molecular flexibility index (Phi) is 5.34. The zero-order valence-electron chi connectivity index (χ0n) is 18.9. The lowest BCUT2D eigenvalue weighted by Gasteiger charge is -2.41. The number of thioether (sulfide) groups is 1. The van der Waals surface area contributed by atoms with Crippen molar-refractivity contribution in [3.63, 3.8) is 0 Å². The predicted molar refractivity (Wildman–Crippen MR) is 130 cm³/mol. The van der Waals surface area contributed by atoms with Gasteiger partial charge in [0.15, 0.2) is 0 Å². The number of likely N-dealkylation sites (N-methyl/N-ethyl adjacent to an activating group) is 1. The molecule has 0 N–H and O–H groups in total. The van der Waals surface area contributed by atoms with Crippen LogP contribution in [0.5, 0.6) is 0 Å². The van der Waals surface area contributed by atoms with Crippen molar-refractivity contribution in [1.29, 1.82) is 0 Å². The lowest BCUT2D eigenvalue weighted by atomic mass is 9.87. The molecule has 0 bridgehead atoms. The number of hydrogen-bond donors (Lipinski definition) is 0. The molecule has 2 aliphatic rings. The highest BCUT2D eigenvalue weighted by Crippen LogP contribution is 2.40. The summed E-state index contributed by atoms with van der Waals surface area (Å²) in [5.74, 6) is -0.224. The number of benzene rings is 2. The van der Waals surface area contributed by atoms with Crippen LogP contribution in [-0.4, -0.2) is 28.6 Å². The molecule has 0 aliphatic carbocycles. The number of allylic oxidation sites excluding steroid dienone is 1. The van der Waals surface area contributed by atoms with Crippen molar-refractivity contribution in [2.24, 2.45) is 0 Å². The zero-order valence-corrected chi connectivity index (χ0v) is 19.8. The van der Waals surface area contributed by atoms with E-state index in [2.05, 4.69) is 57.9 Å². The van der Waals surface area contributed by atoms with Gasteiger partial charge in [0.1, 0.15) is 0 Å². The fourth-order valence-corrected chi connectivity index (χ4v) is 4.96. The Bertz CT molecular complexity index is 1140. The van der Waals surface area contributed by atoms with Crippen LogP contribution in [0.3, 0.4) is 0 Å². The normalized spacial score (nSPS) is 19.2. The van der Waals surface area contributed by atoms with E-state index < -0.39 is 0 Å². The number of amides is 2. The Morgan fingerprint density at radius 2 is 1.71 bits per heavy atom. The molecule has 0 spiro atoms. The van der Waals surface area contributed by atoms with E-state index in [0.29, 0.717) is 11.4 Å². The topological polar surface area (TPSA) is 40.6 Å². The molecule has 2 amide bonds. The molecule has 4 rings (SSSR count). The van der Waals surface area contributed by atoms with E-state index in [9.17, 15) is 9.59 Å². The van der Waals surface area contributed by atoms with Gasteiger partial charge in [-0.15, -0.1) is 0 Å². The molecule has 0 aromatic heterocycles. The van der Waals surface area contributed by atoms with E-state index in [1.54, 1.807) is 0 Å². The van der Waals surface area contributed by atoms with Crippen LogP contribution in [0.25, 0.3) is 11.6 Å². The number of carbonyl (C=O) groups is 2. The fraction of sp³-hybridized carbons (Fsp3) is 0.308. The van der Waals surface area contributed by atoms with Crippen molar-refractivity contribution < 1.29 is 9.59 Å². The minimum absolute atomic E-state index is 0.0519. The number of rotatable bonds is 3. The minimum atomic E-state index is -0.224. The average molecular weight is 433 g/mol. The first-order valence-electron chi connectivity index (χ1n) is 10.5. The summed E-state index contributed by atoms with van der Waals surface area (Å²) in [6.07, 6.45) is 4.13. The van der Waals surface area contributed by atoms with E-state index in [-0.39, 0.29) is 16.7 Å². The number of aryl methyl sites for hydroxylation is 2. The summed E-state index contributed by atoms with van der Waals surface area (Å²) in [5.41, 5.74) is 7.68. The van der Waals surface area contributed by atoms with Crippen LogP contribution in [0, 0.1) is 13.8 Å². The average Bonchev–Trinajstić information content (AvgIpc) is 2.96. The van der Waals surface area contributed by atoms with Gasteiger partial charge in [0, 0.05) is 18.3 Å². The second kappa shape index (κ2) is 7.72. The Morgan fingerprint density at radius 1 is 1.03 bits per heavy atom. The molecule has 2 aromatic rings. The molecule has 160 valence electrons. The van der Waals surface area contributed by atoms with Gasteiger partial charge in [-0.05, 0) is 86.9 Å². The third-order valence-electron chi connectivity index (χ3n) is 6.23. The van der Waals surface area contributed by atoms with Gasteiger partial charge in [0.25, 0.3) is 11.1 Å². The van der Waals surface area contributed by atoms with Gasteiger partial charge in [-0.1, -0.05) is 35.9 Å². The van der Waals surface area contributed by atoms with Crippen LogP contribution in [0.2, 0.25) is 0 Å². The fourth-order valence-electron chi connectivity index (χ4n) is 4.13. The summed E-state index contributed by atoms with van der Waals surface area (Å²) in [4.78, 5) is 29.6. The van der Waals surface area contributed by atoms with Gasteiger partial charge < -0.3 is 4.90 Å². The molecule has 1 fully saturated rings. The Hall–Kier alpha value is -2.79. The van der Waals surface area contributed by atoms with E-state index in [1.807, 2.05) is 37.3 Å². The molecule has 2 aromatic carbocycles. The first-order valence-corrected chi connectivity index (χ1v) is 11.3. The lowest BCUT2D eigenvalue weighted by Crippen LogP contribution is -2.42. The quantitative estimate of drug-likeness (QED) is 0.544. The van der Waals surface area contributed by atoms with Gasteiger partial charge in [-0.2, -0.15) is 0 Å². The first-order chi connectivity index (χ1) is 14.6. The molecule has 2 aliphatic heterocycles. The zero-order chi connectivity index (χ0) is 22.5. The van der Waals surface area contributed by atoms with Crippen molar-refractivity contribution in [1.82, 2.24) is 4.90 Å².